The number of para-hydroxylation sites is 1. The van der Waals surface area contributed by atoms with Crippen molar-refractivity contribution in [2.24, 2.45) is 0 Å². The van der Waals surface area contributed by atoms with Gasteiger partial charge in [0, 0.05) is 6.07 Å². The zero-order valence-corrected chi connectivity index (χ0v) is 15.7. The van der Waals surface area contributed by atoms with Crippen LogP contribution < -0.4 is 10.1 Å². The largest absolute Gasteiger partial charge is 0.457 e. The van der Waals surface area contributed by atoms with E-state index >= 15 is 0 Å². The minimum Gasteiger partial charge on any atom is -0.457 e. The van der Waals surface area contributed by atoms with Gasteiger partial charge in [0.15, 0.2) is 5.13 Å². The average molecular weight is 386 g/mol. The Bertz CT molecular complexity index is 1210. The molecule has 28 heavy (non-hydrogen) atoms. The van der Waals surface area contributed by atoms with Crippen molar-refractivity contribution in [2.75, 3.05) is 5.32 Å². The molecular formula is C21H14N4O2S. The predicted molar refractivity (Wildman–Crippen MR) is 108 cm³/mol. The summed E-state index contributed by atoms with van der Waals surface area (Å²) in [5, 5.41) is 12.2. The fourth-order valence-electron chi connectivity index (χ4n) is 2.61. The molecule has 0 spiro atoms. The molecule has 136 valence electrons. The van der Waals surface area contributed by atoms with Crippen LogP contribution in [0, 0.1) is 18.3 Å². The summed E-state index contributed by atoms with van der Waals surface area (Å²) in [7, 11) is 0. The molecule has 4 aromatic rings. The maximum atomic E-state index is 12.4. The average Bonchev–Trinajstić information content (AvgIpc) is 3.10. The number of nitrogens with one attached hydrogen (secondary N) is 1. The number of aromatic nitrogens is 2. The third-order valence-corrected chi connectivity index (χ3v) is 4.93. The van der Waals surface area contributed by atoms with Crippen molar-refractivity contribution in [2.45, 2.75) is 6.92 Å². The molecule has 2 aromatic carbocycles. The predicted octanol–water partition coefficient (Wildman–Crippen LogP) is 4.92. The highest BCUT2D eigenvalue weighted by molar-refractivity contribution is 7.22. The normalized spacial score (nSPS) is 10.4. The fraction of sp³-hybridized carbons (Fsp3) is 0.0476. The quantitative estimate of drug-likeness (QED) is 0.538. The van der Waals surface area contributed by atoms with E-state index in [1.54, 1.807) is 13.0 Å². The summed E-state index contributed by atoms with van der Waals surface area (Å²) in [6.07, 6.45) is 0. The molecule has 0 saturated carbocycles. The minimum atomic E-state index is -0.368. The number of amides is 1. The summed E-state index contributed by atoms with van der Waals surface area (Å²) in [6, 6.07) is 20.2. The van der Waals surface area contributed by atoms with Gasteiger partial charge in [0.25, 0.3) is 5.91 Å². The van der Waals surface area contributed by atoms with Crippen LogP contribution >= 0.6 is 11.3 Å². The van der Waals surface area contributed by atoms with Crippen LogP contribution in [0.15, 0.2) is 60.7 Å². The molecule has 0 aliphatic carbocycles. The topological polar surface area (TPSA) is 87.9 Å². The van der Waals surface area contributed by atoms with E-state index in [1.165, 1.54) is 17.4 Å². The van der Waals surface area contributed by atoms with Gasteiger partial charge in [0.05, 0.1) is 21.5 Å². The fourth-order valence-corrected chi connectivity index (χ4v) is 3.50. The van der Waals surface area contributed by atoms with Crippen molar-refractivity contribution in [3.63, 3.8) is 0 Å². The summed E-state index contributed by atoms with van der Waals surface area (Å²) in [5.74, 6) is 1.08. The SMILES string of the molecule is Cc1nc(C(=O)Nc2nc3ccc(Oc4ccccc4)cc3s2)ccc1C#N. The molecule has 2 heterocycles. The van der Waals surface area contributed by atoms with E-state index in [1.807, 2.05) is 54.6 Å². The molecule has 0 atom stereocenters. The standard InChI is InChI=1S/C21H14N4O2S/c1-13-14(12-22)7-9-18(23-13)20(26)25-21-24-17-10-8-16(11-19(17)28-21)27-15-5-3-2-4-6-15/h2-11H,1H3,(H,24,25,26). The Labute approximate surface area is 165 Å². The van der Waals surface area contributed by atoms with Crippen LogP contribution in [0.4, 0.5) is 5.13 Å². The van der Waals surface area contributed by atoms with Crippen molar-refractivity contribution >= 4 is 32.6 Å². The van der Waals surface area contributed by atoms with Crippen molar-refractivity contribution in [3.05, 3.63) is 77.6 Å². The molecule has 2 aromatic heterocycles. The summed E-state index contributed by atoms with van der Waals surface area (Å²) < 4.78 is 6.73. The maximum absolute atomic E-state index is 12.4. The number of carbonyl (C=O) groups excluding carboxylic acids is 1. The molecule has 0 unspecified atom stereocenters. The Morgan fingerprint density at radius 2 is 1.89 bits per heavy atom. The van der Waals surface area contributed by atoms with Gasteiger partial charge in [-0.3, -0.25) is 10.1 Å². The first-order valence-electron chi connectivity index (χ1n) is 8.45. The van der Waals surface area contributed by atoms with Gasteiger partial charge in [0.2, 0.25) is 0 Å². The number of nitriles is 1. The van der Waals surface area contributed by atoms with E-state index in [9.17, 15) is 4.79 Å². The molecular weight excluding hydrogens is 372 g/mol. The van der Waals surface area contributed by atoms with Crippen molar-refractivity contribution in [3.8, 4) is 17.6 Å². The number of hydrogen-bond donors (Lipinski definition) is 1. The number of nitrogens with zero attached hydrogens (tertiary/aromatic N) is 3. The molecule has 0 bridgehead atoms. The monoisotopic (exact) mass is 386 g/mol. The first-order chi connectivity index (χ1) is 13.6. The molecule has 4 rings (SSSR count). The van der Waals surface area contributed by atoms with Crippen LogP contribution in [0.2, 0.25) is 0 Å². The van der Waals surface area contributed by atoms with E-state index in [0.717, 1.165) is 16.0 Å². The summed E-state index contributed by atoms with van der Waals surface area (Å²) >= 11 is 1.35. The van der Waals surface area contributed by atoms with Crippen molar-refractivity contribution in [1.29, 1.82) is 5.26 Å². The lowest BCUT2D eigenvalue weighted by atomic mass is 10.2. The second kappa shape index (κ2) is 7.47. The molecule has 0 aliphatic heterocycles. The van der Waals surface area contributed by atoms with Crippen LogP contribution in [-0.4, -0.2) is 15.9 Å². The number of rotatable bonds is 4. The minimum absolute atomic E-state index is 0.240. The van der Waals surface area contributed by atoms with Gasteiger partial charge < -0.3 is 4.74 Å². The van der Waals surface area contributed by atoms with Crippen LogP contribution in [0.1, 0.15) is 21.7 Å². The summed E-state index contributed by atoms with van der Waals surface area (Å²) in [4.78, 5) is 21.0. The number of benzene rings is 2. The number of anilines is 1. The number of aryl methyl sites for hydroxylation is 1. The molecule has 1 N–H and O–H groups in total. The lowest BCUT2D eigenvalue weighted by Crippen LogP contribution is -2.14. The Morgan fingerprint density at radius 1 is 1.07 bits per heavy atom. The molecule has 1 amide bonds. The van der Waals surface area contributed by atoms with Crippen LogP contribution in [-0.2, 0) is 0 Å². The van der Waals surface area contributed by atoms with Crippen molar-refractivity contribution < 1.29 is 9.53 Å². The zero-order valence-electron chi connectivity index (χ0n) is 14.8. The van der Waals surface area contributed by atoms with E-state index in [-0.39, 0.29) is 11.6 Å². The zero-order chi connectivity index (χ0) is 19.5. The Kier molecular flexibility index (Phi) is 4.70. The van der Waals surface area contributed by atoms with Gasteiger partial charge in [-0.25, -0.2) is 9.97 Å². The van der Waals surface area contributed by atoms with E-state index in [0.29, 0.717) is 22.1 Å². The third kappa shape index (κ3) is 3.68. The van der Waals surface area contributed by atoms with Gasteiger partial charge in [-0.2, -0.15) is 5.26 Å². The Hall–Kier alpha value is -3.76. The van der Waals surface area contributed by atoms with Crippen molar-refractivity contribution in [1.82, 2.24) is 9.97 Å². The molecule has 0 saturated heterocycles. The van der Waals surface area contributed by atoms with E-state index in [4.69, 9.17) is 10.00 Å². The smallest absolute Gasteiger partial charge is 0.276 e. The highest BCUT2D eigenvalue weighted by Gasteiger charge is 2.13. The van der Waals surface area contributed by atoms with Gasteiger partial charge in [-0.1, -0.05) is 29.5 Å². The third-order valence-electron chi connectivity index (χ3n) is 4.00. The van der Waals surface area contributed by atoms with Crippen LogP contribution in [0.25, 0.3) is 10.2 Å². The first-order valence-corrected chi connectivity index (χ1v) is 9.26. The number of ether oxygens (including phenoxy) is 1. The lowest BCUT2D eigenvalue weighted by molar-refractivity contribution is 0.102. The number of carbonyl (C=O) groups is 1. The number of hydrogen-bond acceptors (Lipinski definition) is 6. The van der Waals surface area contributed by atoms with Crippen LogP contribution in [0.5, 0.6) is 11.5 Å². The van der Waals surface area contributed by atoms with Gasteiger partial charge in [-0.05, 0) is 43.3 Å². The Balaban J connectivity index is 1.54. The number of fused-ring (bicyclic) bond motifs is 1. The molecule has 0 fully saturated rings. The summed E-state index contributed by atoms with van der Waals surface area (Å²) in [6.45, 7) is 1.70. The Morgan fingerprint density at radius 3 is 2.64 bits per heavy atom. The van der Waals surface area contributed by atoms with E-state index < -0.39 is 0 Å². The molecule has 0 aliphatic rings. The highest BCUT2D eigenvalue weighted by Crippen LogP contribution is 2.31. The first kappa shape index (κ1) is 17.6. The van der Waals surface area contributed by atoms with Gasteiger partial charge in [0.1, 0.15) is 23.3 Å². The molecule has 0 radical (unpaired) electrons. The maximum Gasteiger partial charge on any atom is 0.276 e. The van der Waals surface area contributed by atoms with Gasteiger partial charge >= 0.3 is 0 Å². The highest BCUT2D eigenvalue weighted by atomic mass is 32.1. The number of pyridine rings is 1. The lowest BCUT2D eigenvalue weighted by Gasteiger charge is -2.04. The van der Waals surface area contributed by atoms with Gasteiger partial charge in [-0.15, -0.1) is 0 Å². The number of thiazole rings is 1. The van der Waals surface area contributed by atoms with E-state index in [2.05, 4.69) is 15.3 Å². The molecule has 6 nitrogen and oxygen atoms in total. The molecule has 7 heteroatoms. The second-order valence-electron chi connectivity index (χ2n) is 5.96. The second-order valence-corrected chi connectivity index (χ2v) is 6.99. The summed E-state index contributed by atoms with van der Waals surface area (Å²) in [5.41, 5.74) is 1.97. The van der Waals surface area contributed by atoms with Crippen LogP contribution in [0.3, 0.4) is 0 Å².